The van der Waals surface area contributed by atoms with Crippen molar-refractivity contribution in [2.75, 3.05) is 13.1 Å². The maximum atomic E-state index is 12.3. The molecule has 7 heteroatoms. The van der Waals surface area contributed by atoms with Gasteiger partial charge in [-0.05, 0) is 25.1 Å². The molecule has 0 aliphatic carbocycles. The number of nitrogens with zero attached hydrogens (tertiary/aromatic N) is 1. The fourth-order valence-corrected chi connectivity index (χ4v) is 1.74. The van der Waals surface area contributed by atoms with Gasteiger partial charge in [-0.15, -0.1) is 0 Å². The van der Waals surface area contributed by atoms with Crippen molar-refractivity contribution in [3.63, 3.8) is 0 Å². The first-order chi connectivity index (χ1) is 8.47. The molecule has 0 radical (unpaired) electrons. The highest BCUT2D eigenvalue weighted by Gasteiger charge is 2.32. The molecule has 1 aromatic heterocycles. The van der Waals surface area contributed by atoms with Crippen molar-refractivity contribution in [3.8, 4) is 0 Å². The molecule has 2 N–H and O–H groups in total. The first-order valence-electron chi connectivity index (χ1n) is 5.51. The number of nitrogens with one attached hydrogen (secondary N) is 2. The zero-order chi connectivity index (χ0) is 13.2. The Morgan fingerprint density at radius 2 is 2.22 bits per heavy atom. The Labute approximate surface area is 102 Å². The molecule has 0 saturated carbocycles. The van der Waals surface area contributed by atoms with E-state index >= 15 is 0 Å². The Morgan fingerprint density at radius 1 is 1.44 bits per heavy atom. The van der Waals surface area contributed by atoms with Gasteiger partial charge in [0.05, 0.1) is 5.56 Å². The third-order valence-corrected chi connectivity index (χ3v) is 2.71. The summed E-state index contributed by atoms with van der Waals surface area (Å²) in [5.41, 5.74) is -0.864. The van der Waals surface area contributed by atoms with Crippen LogP contribution in [0, 0.1) is 0 Å². The number of alkyl halides is 3. The lowest BCUT2D eigenvalue weighted by molar-refractivity contribution is -0.141. The molecule has 1 fully saturated rings. The molecule has 1 unspecified atom stereocenters. The van der Waals surface area contributed by atoms with Crippen LogP contribution in [0.15, 0.2) is 18.3 Å². The van der Waals surface area contributed by atoms with E-state index in [4.69, 9.17) is 0 Å². The van der Waals surface area contributed by atoms with Crippen LogP contribution in [0.5, 0.6) is 0 Å². The lowest BCUT2D eigenvalue weighted by Gasteiger charge is -2.11. The fraction of sp³-hybridized carbons (Fsp3) is 0.455. The molecule has 1 aromatic rings. The van der Waals surface area contributed by atoms with Crippen LogP contribution in [0.25, 0.3) is 0 Å². The second-order valence-corrected chi connectivity index (χ2v) is 4.09. The number of amides is 1. The molecule has 18 heavy (non-hydrogen) atoms. The van der Waals surface area contributed by atoms with Crippen LogP contribution in [0.3, 0.4) is 0 Å². The van der Waals surface area contributed by atoms with Gasteiger partial charge in [-0.3, -0.25) is 9.78 Å². The summed E-state index contributed by atoms with van der Waals surface area (Å²) in [6.07, 6.45) is -2.72. The summed E-state index contributed by atoms with van der Waals surface area (Å²) in [4.78, 5) is 14.9. The molecule has 1 amide bonds. The molecule has 1 aliphatic rings. The van der Waals surface area contributed by atoms with Crippen LogP contribution in [0.1, 0.15) is 22.5 Å². The molecule has 0 spiro atoms. The van der Waals surface area contributed by atoms with Crippen molar-refractivity contribution in [1.82, 2.24) is 15.6 Å². The highest BCUT2D eigenvalue weighted by molar-refractivity contribution is 5.94. The minimum Gasteiger partial charge on any atom is -0.348 e. The van der Waals surface area contributed by atoms with Crippen LogP contribution in [0.4, 0.5) is 13.2 Å². The highest BCUT2D eigenvalue weighted by atomic mass is 19.4. The van der Waals surface area contributed by atoms with E-state index in [2.05, 4.69) is 15.6 Å². The quantitative estimate of drug-likeness (QED) is 0.839. The Hall–Kier alpha value is -1.63. The molecule has 2 heterocycles. The van der Waals surface area contributed by atoms with E-state index < -0.39 is 17.8 Å². The van der Waals surface area contributed by atoms with Gasteiger partial charge < -0.3 is 10.6 Å². The summed E-state index contributed by atoms with van der Waals surface area (Å²) in [6, 6.07) is 1.97. The van der Waals surface area contributed by atoms with Crippen LogP contribution < -0.4 is 10.6 Å². The summed E-state index contributed by atoms with van der Waals surface area (Å²) >= 11 is 0. The van der Waals surface area contributed by atoms with Crippen molar-refractivity contribution in [2.24, 2.45) is 0 Å². The first-order valence-corrected chi connectivity index (χ1v) is 5.51. The van der Waals surface area contributed by atoms with Gasteiger partial charge in [0.25, 0.3) is 5.91 Å². The lowest BCUT2D eigenvalue weighted by Crippen LogP contribution is -2.36. The van der Waals surface area contributed by atoms with Crippen LogP contribution in [-0.4, -0.2) is 30.0 Å². The smallest absolute Gasteiger partial charge is 0.348 e. The monoisotopic (exact) mass is 259 g/mol. The zero-order valence-electron chi connectivity index (χ0n) is 9.42. The summed E-state index contributed by atoms with van der Waals surface area (Å²) in [6.45, 7) is 1.51. The van der Waals surface area contributed by atoms with E-state index in [0.717, 1.165) is 31.3 Å². The van der Waals surface area contributed by atoms with Gasteiger partial charge >= 0.3 is 6.18 Å². The SMILES string of the molecule is O=C(NC1CCNC1)c1ccc(C(F)(F)F)nc1. The number of rotatable bonds is 2. The van der Waals surface area contributed by atoms with Gasteiger partial charge in [-0.1, -0.05) is 0 Å². The zero-order valence-corrected chi connectivity index (χ0v) is 9.42. The summed E-state index contributed by atoms with van der Waals surface area (Å²) in [7, 11) is 0. The van der Waals surface area contributed by atoms with E-state index in [-0.39, 0.29) is 11.6 Å². The number of aromatic nitrogens is 1. The van der Waals surface area contributed by atoms with Crippen molar-refractivity contribution < 1.29 is 18.0 Å². The molecule has 4 nitrogen and oxygen atoms in total. The number of hydrogen-bond donors (Lipinski definition) is 2. The Kier molecular flexibility index (Phi) is 3.51. The van der Waals surface area contributed by atoms with Crippen molar-refractivity contribution in [2.45, 2.75) is 18.6 Å². The molecular formula is C11H12F3N3O. The van der Waals surface area contributed by atoms with Gasteiger partial charge in [0.15, 0.2) is 0 Å². The second kappa shape index (κ2) is 4.93. The molecule has 1 saturated heterocycles. The Bertz CT molecular complexity index is 424. The van der Waals surface area contributed by atoms with Crippen LogP contribution in [-0.2, 0) is 6.18 Å². The molecule has 0 bridgehead atoms. The Balaban J connectivity index is 2.02. The number of halogens is 3. The maximum Gasteiger partial charge on any atom is 0.433 e. The predicted molar refractivity (Wildman–Crippen MR) is 58.0 cm³/mol. The van der Waals surface area contributed by atoms with E-state index in [1.54, 1.807) is 0 Å². The average Bonchev–Trinajstić information content (AvgIpc) is 2.81. The van der Waals surface area contributed by atoms with E-state index in [1.165, 1.54) is 0 Å². The van der Waals surface area contributed by atoms with E-state index in [9.17, 15) is 18.0 Å². The topological polar surface area (TPSA) is 54.0 Å². The van der Waals surface area contributed by atoms with E-state index in [0.29, 0.717) is 6.54 Å². The van der Waals surface area contributed by atoms with Crippen LogP contribution in [0.2, 0.25) is 0 Å². The first kappa shape index (κ1) is 12.8. The molecule has 1 aliphatic heterocycles. The average molecular weight is 259 g/mol. The normalized spacial score (nSPS) is 19.8. The molecule has 2 rings (SSSR count). The van der Waals surface area contributed by atoms with Crippen molar-refractivity contribution >= 4 is 5.91 Å². The molecule has 0 aromatic carbocycles. The largest absolute Gasteiger partial charge is 0.433 e. The van der Waals surface area contributed by atoms with Gasteiger partial charge in [-0.2, -0.15) is 13.2 Å². The van der Waals surface area contributed by atoms with Crippen molar-refractivity contribution in [3.05, 3.63) is 29.6 Å². The van der Waals surface area contributed by atoms with Crippen LogP contribution >= 0.6 is 0 Å². The van der Waals surface area contributed by atoms with Gasteiger partial charge in [0, 0.05) is 18.8 Å². The Morgan fingerprint density at radius 3 is 2.72 bits per heavy atom. The van der Waals surface area contributed by atoms with Crippen molar-refractivity contribution in [1.29, 1.82) is 0 Å². The number of carbonyl (C=O) groups excluding carboxylic acids is 1. The third-order valence-electron chi connectivity index (χ3n) is 2.71. The van der Waals surface area contributed by atoms with E-state index in [1.807, 2.05) is 0 Å². The summed E-state index contributed by atoms with van der Waals surface area (Å²) in [5, 5.41) is 5.81. The second-order valence-electron chi connectivity index (χ2n) is 4.09. The summed E-state index contributed by atoms with van der Waals surface area (Å²) < 4.78 is 36.8. The molecule has 98 valence electrons. The molecule has 1 atom stereocenters. The number of carbonyl (C=O) groups is 1. The van der Waals surface area contributed by atoms with Gasteiger partial charge in [-0.25, -0.2) is 0 Å². The standard InChI is InChI=1S/C11H12F3N3O/c12-11(13,14)9-2-1-7(5-16-9)10(18)17-8-3-4-15-6-8/h1-2,5,8,15H,3-4,6H2,(H,17,18). The number of pyridine rings is 1. The molecular weight excluding hydrogens is 247 g/mol. The minimum absolute atomic E-state index is 0.0276. The third kappa shape index (κ3) is 2.98. The minimum atomic E-state index is -4.48. The number of hydrogen-bond acceptors (Lipinski definition) is 3. The van der Waals surface area contributed by atoms with Gasteiger partial charge in [0.1, 0.15) is 5.69 Å². The maximum absolute atomic E-state index is 12.3. The fourth-order valence-electron chi connectivity index (χ4n) is 1.74. The lowest BCUT2D eigenvalue weighted by atomic mass is 10.2. The predicted octanol–water partition coefficient (Wildman–Crippen LogP) is 1.19. The summed E-state index contributed by atoms with van der Waals surface area (Å²) in [5.74, 6) is -0.398. The van der Waals surface area contributed by atoms with Gasteiger partial charge in [0.2, 0.25) is 0 Å². The highest BCUT2D eigenvalue weighted by Crippen LogP contribution is 2.27.